The van der Waals surface area contributed by atoms with E-state index in [0.29, 0.717) is 25.9 Å². The van der Waals surface area contributed by atoms with E-state index in [-0.39, 0.29) is 5.56 Å². The summed E-state index contributed by atoms with van der Waals surface area (Å²) in [6.45, 7) is 0. The van der Waals surface area contributed by atoms with E-state index in [2.05, 4.69) is 25.9 Å². The van der Waals surface area contributed by atoms with Gasteiger partial charge in [0.2, 0.25) is 0 Å². The topological polar surface area (TPSA) is 69.5 Å². The summed E-state index contributed by atoms with van der Waals surface area (Å²) < 4.78 is 0.682. The lowest BCUT2D eigenvalue weighted by Crippen LogP contribution is -2.14. The molecule has 0 radical (unpaired) electrons. The van der Waals surface area contributed by atoms with Crippen LogP contribution in [0.4, 0.5) is 0 Å². The van der Waals surface area contributed by atoms with Crippen LogP contribution in [-0.2, 0) is 0 Å². The average Bonchev–Trinajstić information content (AvgIpc) is 2.37. The van der Waals surface area contributed by atoms with Gasteiger partial charge in [0.25, 0.3) is 5.56 Å². The Kier molecular flexibility index (Phi) is 4.30. The first-order valence-corrected chi connectivity index (χ1v) is 7.50. The Labute approximate surface area is 127 Å². The molecular weight excluding hydrogens is 350 g/mol. The Bertz CT molecular complexity index is 739. The van der Waals surface area contributed by atoms with Gasteiger partial charge in [0.1, 0.15) is 11.6 Å². The highest BCUT2D eigenvalue weighted by molar-refractivity contribution is 9.10. The van der Waals surface area contributed by atoms with E-state index < -0.39 is 5.56 Å². The summed E-state index contributed by atoms with van der Waals surface area (Å²) in [5.41, 5.74) is 0.543. The zero-order valence-corrected chi connectivity index (χ0v) is 12.9. The second-order valence-corrected chi connectivity index (χ2v) is 5.62. The van der Waals surface area contributed by atoms with Gasteiger partial charge in [-0.15, -0.1) is 0 Å². The van der Waals surface area contributed by atoms with E-state index in [1.54, 1.807) is 24.5 Å². The molecule has 0 atom stereocenters. The minimum absolute atomic E-state index is 0.0131. The first-order valence-electron chi connectivity index (χ1n) is 5.10. The molecule has 0 aliphatic carbocycles. The van der Waals surface area contributed by atoms with Gasteiger partial charge in [0, 0.05) is 15.1 Å². The molecule has 0 saturated heterocycles. The number of thioether (sulfide) groups is 1. The van der Waals surface area contributed by atoms with Crippen LogP contribution in [0.3, 0.4) is 0 Å². The molecule has 19 heavy (non-hydrogen) atoms. The van der Waals surface area contributed by atoms with Crippen LogP contribution in [-0.4, -0.2) is 16.2 Å². The van der Waals surface area contributed by atoms with Gasteiger partial charge in [0.05, 0.1) is 5.69 Å². The molecular formula is C12H7BrClN3OS. The van der Waals surface area contributed by atoms with Crippen LogP contribution in [0.15, 0.2) is 32.6 Å². The minimum Gasteiger partial charge on any atom is -0.300 e. The van der Waals surface area contributed by atoms with Crippen molar-refractivity contribution in [1.82, 2.24) is 9.97 Å². The molecule has 0 amide bonds. The summed E-state index contributed by atoms with van der Waals surface area (Å²) in [5.74, 6) is 0. The number of aromatic amines is 1. The lowest BCUT2D eigenvalue weighted by molar-refractivity contribution is 0.937. The van der Waals surface area contributed by atoms with Crippen LogP contribution in [0.1, 0.15) is 5.56 Å². The smallest absolute Gasteiger partial charge is 0.270 e. The molecule has 1 N–H and O–H groups in total. The zero-order valence-electron chi connectivity index (χ0n) is 9.70. The number of halogens is 2. The molecule has 7 heteroatoms. The second-order valence-electron chi connectivity index (χ2n) is 3.53. The molecule has 0 fully saturated rings. The van der Waals surface area contributed by atoms with Crippen molar-refractivity contribution in [2.75, 3.05) is 6.26 Å². The molecule has 1 aromatic heterocycles. The van der Waals surface area contributed by atoms with E-state index in [9.17, 15) is 4.79 Å². The van der Waals surface area contributed by atoms with E-state index in [4.69, 9.17) is 16.9 Å². The van der Waals surface area contributed by atoms with E-state index in [1.165, 1.54) is 11.8 Å². The van der Waals surface area contributed by atoms with Crippen molar-refractivity contribution in [3.05, 3.63) is 43.6 Å². The van der Waals surface area contributed by atoms with Crippen molar-refractivity contribution in [3.63, 3.8) is 0 Å². The summed E-state index contributed by atoms with van der Waals surface area (Å²) in [5, 5.41) is 10.1. The molecule has 1 aromatic carbocycles. The van der Waals surface area contributed by atoms with E-state index in [0.717, 1.165) is 0 Å². The van der Waals surface area contributed by atoms with Crippen LogP contribution >= 0.6 is 39.3 Å². The number of hydrogen-bond acceptors (Lipinski definition) is 4. The number of aromatic nitrogens is 2. The Morgan fingerprint density at radius 1 is 1.53 bits per heavy atom. The van der Waals surface area contributed by atoms with Crippen molar-refractivity contribution in [2.45, 2.75) is 5.16 Å². The molecule has 0 aliphatic rings. The van der Waals surface area contributed by atoms with Gasteiger partial charge < -0.3 is 4.98 Å². The minimum atomic E-state index is -0.446. The number of nitrogens with zero attached hydrogens (tertiary/aromatic N) is 2. The third-order valence-electron chi connectivity index (χ3n) is 2.39. The summed E-state index contributed by atoms with van der Waals surface area (Å²) in [6.07, 6.45) is 1.80. The summed E-state index contributed by atoms with van der Waals surface area (Å²) in [6, 6.07) is 6.99. The highest BCUT2D eigenvalue weighted by Crippen LogP contribution is 2.31. The SMILES string of the molecule is CSc1nc(-c2ccc(Cl)cc2Br)c(C#N)c(=O)[nH]1. The molecule has 1 heterocycles. The molecule has 96 valence electrons. The Balaban J connectivity index is 2.77. The molecule has 0 aliphatic heterocycles. The van der Waals surface area contributed by atoms with Gasteiger partial charge in [-0.05, 0) is 18.4 Å². The molecule has 2 aromatic rings. The summed E-state index contributed by atoms with van der Waals surface area (Å²) >= 11 is 10.5. The van der Waals surface area contributed by atoms with Gasteiger partial charge in [0.15, 0.2) is 5.16 Å². The molecule has 0 bridgehead atoms. The van der Waals surface area contributed by atoms with Crippen molar-refractivity contribution in [3.8, 4) is 17.3 Å². The fourth-order valence-electron chi connectivity index (χ4n) is 1.53. The first-order chi connectivity index (χ1) is 9.06. The summed E-state index contributed by atoms with van der Waals surface area (Å²) in [7, 11) is 0. The predicted molar refractivity (Wildman–Crippen MR) is 79.5 cm³/mol. The maximum Gasteiger partial charge on any atom is 0.270 e. The van der Waals surface area contributed by atoms with Crippen molar-refractivity contribution >= 4 is 39.3 Å². The highest BCUT2D eigenvalue weighted by atomic mass is 79.9. The Morgan fingerprint density at radius 3 is 2.84 bits per heavy atom. The number of benzene rings is 1. The van der Waals surface area contributed by atoms with Crippen molar-refractivity contribution in [1.29, 1.82) is 5.26 Å². The number of H-pyrrole nitrogens is 1. The molecule has 4 nitrogen and oxygen atoms in total. The molecule has 2 rings (SSSR count). The maximum absolute atomic E-state index is 11.8. The van der Waals surface area contributed by atoms with Gasteiger partial charge in [-0.2, -0.15) is 5.26 Å². The van der Waals surface area contributed by atoms with Crippen LogP contribution in [0.25, 0.3) is 11.3 Å². The monoisotopic (exact) mass is 355 g/mol. The van der Waals surface area contributed by atoms with Crippen LogP contribution in [0.2, 0.25) is 5.02 Å². The van der Waals surface area contributed by atoms with Gasteiger partial charge in [-0.3, -0.25) is 4.79 Å². The lowest BCUT2D eigenvalue weighted by Gasteiger charge is -2.07. The van der Waals surface area contributed by atoms with E-state index >= 15 is 0 Å². The third-order valence-corrected chi connectivity index (χ3v) is 3.86. The third kappa shape index (κ3) is 2.84. The van der Waals surface area contributed by atoms with Crippen LogP contribution < -0.4 is 5.56 Å². The second kappa shape index (κ2) is 5.78. The standard InChI is InChI=1S/C12H7BrClN3OS/c1-19-12-16-10(8(5-15)11(18)17-12)7-3-2-6(14)4-9(7)13/h2-4H,1H3,(H,16,17,18). The number of nitriles is 1. The average molecular weight is 357 g/mol. The van der Waals surface area contributed by atoms with E-state index in [1.807, 2.05) is 6.07 Å². The quantitative estimate of drug-likeness (QED) is 0.661. The van der Waals surface area contributed by atoms with Crippen LogP contribution in [0.5, 0.6) is 0 Å². The summed E-state index contributed by atoms with van der Waals surface area (Å²) in [4.78, 5) is 18.7. The number of rotatable bonds is 2. The largest absolute Gasteiger partial charge is 0.300 e. The highest BCUT2D eigenvalue weighted by Gasteiger charge is 2.15. The van der Waals surface area contributed by atoms with Crippen molar-refractivity contribution < 1.29 is 0 Å². The fraction of sp³-hybridized carbons (Fsp3) is 0.0833. The fourth-order valence-corrected chi connectivity index (χ4v) is 2.78. The first kappa shape index (κ1) is 14.1. The normalized spacial score (nSPS) is 10.2. The maximum atomic E-state index is 11.8. The Hall–Kier alpha value is -1.29. The molecule has 0 saturated carbocycles. The lowest BCUT2D eigenvalue weighted by atomic mass is 10.1. The Morgan fingerprint density at radius 2 is 2.26 bits per heavy atom. The molecule has 0 spiro atoms. The molecule has 0 unspecified atom stereocenters. The van der Waals surface area contributed by atoms with Crippen LogP contribution in [0, 0.1) is 11.3 Å². The van der Waals surface area contributed by atoms with Gasteiger partial charge in [-0.25, -0.2) is 4.98 Å². The number of hydrogen-bond donors (Lipinski definition) is 1. The van der Waals surface area contributed by atoms with Gasteiger partial charge >= 0.3 is 0 Å². The zero-order chi connectivity index (χ0) is 14.0. The number of nitrogens with one attached hydrogen (secondary N) is 1. The van der Waals surface area contributed by atoms with Gasteiger partial charge in [-0.1, -0.05) is 45.4 Å². The predicted octanol–water partition coefficient (Wildman–Crippen LogP) is 3.45. The van der Waals surface area contributed by atoms with Crippen molar-refractivity contribution in [2.24, 2.45) is 0 Å².